The lowest BCUT2D eigenvalue weighted by Crippen LogP contribution is -2.32. The molecule has 1 aliphatic rings. The van der Waals surface area contributed by atoms with Gasteiger partial charge in [-0.05, 0) is 49.3 Å². The van der Waals surface area contributed by atoms with Crippen LogP contribution < -0.4 is 11.1 Å². The Morgan fingerprint density at radius 1 is 1.39 bits per heavy atom. The van der Waals surface area contributed by atoms with Gasteiger partial charge >= 0.3 is 0 Å². The number of nitrogens with two attached hydrogens (primary N) is 1. The van der Waals surface area contributed by atoms with Gasteiger partial charge < -0.3 is 16.0 Å². The Bertz CT molecular complexity index is 667. The van der Waals surface area contributed by atoms with E-state index >= 15 is 0 Å². The van der Waals surface area contributed by atoms with Crippen molar-refractivity contribution < 1.29 is 4.79 Å². The maximum Gasteiger partial charge on any atom is 0.220 e. The zero-order valence-corrected chi connectivity index (χ0v) is 14.4. The van der Waals surface area contributed by atoms with Crippen LogP contribution in [0.2, 0.25) is 0 Å². The summed E-state index contributed by atoms with van der Waals surface area (Å²) in [6, 6.07) is 6.48. The summed E-state index contributed by atoms with van der Waals surface area (Å²) in [5.41, 5.74) is 9.74. The zero-order chi connectivity index (χ0) is 15.5. The van der Waals surface area contributed by atoms with Gasteiger partial charge in [-0.3, -0.25) is 4.79 Å². The Balaban J connectivity index is 0.00000192. The van der Waals surface area contributed by atoms with E-state index in [1.54, 1.807) is 0 Å². The number of hydrogen-bond donors (Lipinski definition) is 3. The fourth-order valence-electron chi connectivity index (χ4n) is 3.61. The maximum absolute atomic E-state index is 12.0. The van der Waals surface area contributed by atoms with Crippen molar-refractivity contribution in [3.05, 3.63) is 35.5 Å². The second kappa shape index (κ2) is 7.84. The maximum atomic E-state index is 12.0. The van der Waals surface area contributed by atoms with Crippen LogP contribution in [-0.2, 0) is 11.2 Å². The number of rotatable bonds is 5. The van der Waals surface area contributed by atoms with Crippen molar-refractivity contribution in [2.24, 2.45) is 11.7 Å². The van der Waals surface area contributed by atoms with E-state index < -0.39 is 0 Å². The van der Waals surface area contributed by atoms with Gasteiger partial charge in [-0.25, -0.2) is 0 Å². The van der Waals surface area contributed by atoms with Gasteiger partial charge in [-0.1, -0.05) is 18.6 Å². The molecular formula is C18H26ClN3O. The van der Waals surface area contributed by atoms with Crippen LogP contribution in [0.15, 0.2) is 24.4 Å². The van der Waals surface area contributed by atoms with Crippen molar-refractivity contribution in [1.82, 2.24) is 10.3 Å². The van der Waals surface area contributed by atoms with Gasteiger partial charge in [0, 0.05) is 36.1 Å². The molecule has 0 bridgehead atoms. The third-order valence-electron chi connectivity index (χ3n) is 4.88. The highest BCUT2D eigenvalue weighted by Gasteiger charge is 2.25. The Morgan fingerprint density at radius 3 is 2.96 bits per heavy atom. The molecule has 1 aromatic heterocycles. The molecule has 1 saturated carbocycles. The van der Waals surface area contributed by atoms with Gasteiger partial charge in [0.1, 0.15) is 0 Å². The molecule has 126 valence electrons. The number of H-pyrrole nitrogens is 1. The number of aromatic nitrogens is 1. The SMILES string of the molecule is Cc1cccc2[nH]cc(CCNC(=O)C[C@@H]3CCC[C@H]3N)c12.Cl. The molecular weight excluding hydrogens is 310 g/mol. The number of nitrogens with one attached hydrogen (secondary N) is 2. The van der Waals surface area contributed by atoms with E-state index in [-0.39, 0.29) is 24.4 Å². The van der Waals surface area contributed by atoms with Crippen LogP contribution in [0.5, 0.6) is 0 Å². The summed E-state index contributed by atoms with van der Waals surface area (Å²) in [5.74, 6) is 0.509. The van der Waals surface area contributed by atoms with Crippen LogP contribution in [-0.4, -0.2) is 23.5 Å². The predicted octanol–water partition coefficient (Wildman–Crippen LogP) is 3.07. The minimum atomic E-state index is 0. The fourth-order valence-corrected chi connectivity index (χ4v) is 3.61. The quantitative estimate of drug-likeness (QED) is 0.785. The number of halogens is 1. The van der Waals surface area contributed by atoms with Crippen LogP contribution in [0, 0.1) is 12.8 Å². The van der Waals surface area contributed by atoms with Crippen molar-refractivity contribution in [2.75, 3.05) is 6.54 Å². The predicted molar refractivity (Wildman–Crippen MR) is 96.9 cm³/mol. The number of aromatic amines is 1. The number of aryl methyl sites for hydroxylation is 1. The Morgan fingerprint density at radius 2 is 2.22 bits per heavy atom. The van der Waals surface area contributed by atoms with Crippen LogP contribution in [0.25, 0.3) is 10.9 Å². The van der Waals surface area contributed by atoms with Gasteiger partial charge in [-0.2, -0.15) is 0 Å². The minimum absolute atomic E-state index is 0. The lowest BCUT2D eigenvalue weighted by molar-refractivity contribution is -0.122. The molecule has 0 radical (unpaired) electrons. The van der Waals surface area contributed by atoms with E-state index in [2.05, 4.69) is 41.6 Å². The summed E-state index contributed by atoms with van der Waals surface area (Å²) >= 11 is 0. The molecule has 1 amide bonds. The van der Waals surface area contributed by atoms with Crippen molar-refractivity contribution in [3.63, 3.8) is 0 Å². The molecule has 1 fully saturated rings. The van der Waals surface area contributed by atoms with E-state index in [1.807, 2.05) is 0 Å². The lowest BCUT2D eigenvalue weighted by atomic mass is 10.00. The molecule has 2 atom stereocenters. The van der Waals surface area contributed by atoms with E-state index in [9.17, 15) is 4.79 Å². The van der Waals surface area contributed by atoms with Gasteiger partial charge in [0.15, 0.2) is 0 Å². The Labute approximate surface area is 143 Å². The first kappa shape index (κ1) is 17.8. The molecule has 4 nitrogen and oxygen atoms in total. The van der Waals surface area contributed by atoms with Gasteiger partial charge in [0.05, 0.1) is 0 Å². The fraction of sp³-hybridized carbons (Fsp3) is 0.500. The molecule has 3 rings (SSSR count). The summed E-state index contributed by atoms with van der Waals surface area (Å²) in [6.45, 7) is 2.81. The highest BCUT2D eigenvalue weighted by Crippen LogP contribution is 2.26. The zero-order valence-electron chi connectivity index (χ0n) is 13.6. The van der Waals surface area contributed by atoms with Crippen LogP contribution in [0.4, 0.5) is 0 Å². The van der Waals surface area contributed by atoms with Crippen LogP contribution in [0.1, 0.15) is 36.8 Å². The Hall–Kier alpha value is -1.52. The second-order valence-corrected chi connectivity index (χ2v) is 6.47. The van der Waals surface area contributed by atoms with Gasteiger partial charge in [0.25, 0.3) is 0 Å². The minimum Gasteiger partial charge on any atom is -0.361 e. The summed E-state index contributed by atoms with van der Waals surface area (Å²) in [4.78, 5) is 15.3. The molecule has 1 aliphatic carbocycles. The summed E-state index contributed by atoms with van der Waals surface area (Å²) in [7, 11) is 0. The average Bonchev–Trinajstić information content (AvgIpc) is 3.07. The van der Waals surface area contributed by atoms with E-state index in [1.165, 1.54) is 22.0 Å². The number of carbonyl (C=O) groups excluding carboxylic acids is 1. The molecule has 0 spiro atoms. The van der Waals surface area contributed by atoms with Gasteiger partial charge in [0.2, 0.25) is 5.91 Å². The molecule has 1 aromatic carbocycles. The average molecular weight is 336 g/mol. The molecule has 1 heterocycles. The first-order valence-corrected chi connectivity index (χ1v) is 8.23. The van der Waals surface area contributed by atoms with Crippen molar-refractivity contribution in [2.45, 2.75) is 45.1 Å². The van der Waals surface area contributed by atoms with Crippen LogP contribution >= 0.6 is 12.4 Å². The Kier molecular flexibility index (Phi) is 6.08. The summed E-state index contributed by atoms with van der Waals surface area (Å²) in [6.07, 6.45) is 6.80. The first-order valence-electron chi connectivity index (χ1n) is 8.23. The molecule has 0 unspecified atom stereocenters. The molecule has 2 aromatic rings. The monoisotopic (exact) mass is 335 g/mol. The number of hydrogen-bond acceptors (Lipinski definition) is 2. The third-order valence-corrected chi connectivity index (χ3v) is 4.88. The first-order chi connectivity index (χ1) is 10.6. The lowest BCUT2D eigenvalue weighted by Gasteiger charge is -2.14. The number of benzene rings is 1. The second-order valence-electron chi connectivity index (χ2n) is 6.47. The topological polar surface area (TPSA) is 70.9 Å². The highest BCUT2D eigenvalue weighted by atomic mass is 35.5. The van der Waals surface area contributed by atoms with E-state index in [0.717, 1.165) is 25.7 Å². The van der Waals surface area contributed by atoms with Crippen molar-refractivity contribution in [3.8, 4) is 0 Å². The standard InChI is InChI=1S/C18H25N3O.ClH/c1-12-4-2-7-16-18(12)14(11-21-16)8-9-20-17(22)10-13-5-3-6-15(13)19;/h2,4,7,11,13,15,21H,3,5-6,8-10,19H2,1H3,(H,20,22);1H/t13-,15+;/m0./s1. The molecule has 0 aliphatic heterocycles. The summed E-state index contributed by atoms with van der Waals surface area (Å²) in [5, 5.41) is 4.33. The normalized spacial score (nSPS) is 20.4. The molecule has 0 saturated heterocycles. The largest absolute Gasteiger partial charge is 0.361 e. The number of carbonyl (C=O) groups is 1. The van der Waals surface area contributed by atoms with E-state index in [0.29, 0.717) is 18.9 Å². The molecule has 4 N–H and O–H groups in total. The smallest absolute Gasteiger partial charge is 0.220 e. The number of amides is 1. The van der Waals surface area contributed by atoms with E-state index in [4.69, 9.17) is 5.73 Å². The van der Waals surface area contributed by atoms with Crippen LogP contribution in [0.3, 0.4) is 0 Å². The van der Waals surface area contributed by atoms with Crippen molar-refractivity contribution >= 4 is 29.2 Å². The molecule has 23 heavy (non-hydrogen) atoms. The third kappa shape index (κ3) is 4.06. The summed E-state index contributed by atoms with van der Waals surface area (Å²) < 4.78 is 0. The van der Waals surface area contributed by atoms with Gasteiger partial charge in [-0.15, -0.1) is 12.4 Å². The molecule has 5 heteroatoms. The van der Waals surface area contributed by atoms with Crippen molar-refractivity contribution in [1.29, 1.82) is 0 Å². The number of fused-ring (bicyclic) bond motifs is 1. The highest BCUT2D eigenvalue weighted by molar-refractivity contribution is 5.86.